The molecule has 0 bridgehead atoms. The summed E-state index contributed by atoms with van der Waals surface area (Å²) in [5.74, 6) is 0. The SMILES string of the molecule is OC[C@H]1OC1c1ccc(C(F)(F)F)cc1. The Morgan fingerprint density at radius 3 is 2.20 bits per heavy atom. The molecule has 1 aromatic rings. The number of hydrogen-bond acceptors (Lipinski definition) is 2. The Kier molecular flexibility index (Phi) is 2.44. The average Bonchev–Trinajstić information content (AvgIpc) is 2.95. The van der Waals surface area contributed by atoms with Gasteiger partial charge in [0.2, 0.25) is 0 Å². The summed E-state index contributed by atoms with van der Waals surface area (Å²) in [6.45, 7) is -0.105. The highest BCUT2D eigenvalue weighted by molar-refractivity contribution is 5.28. The maximum atomic E-state index is 12.2. The minimum absolute atomic E-state index is 0.105. The summed E-state index contributed by atoms with van der Waals surface area (Å²) in [4.78, 5) is 0. The standard InChI is InChI=1S/C10H9F3O2/c11-10(12,13)7-3-1-6(2-4-7)9-8(5-14)15-9/h1-4,8-9,14H,5H2/t8-,9?/m1/s1. The summed E-state index contributed by atoms with van der Waals surface area (Å²) in [6.07, 6.45) is -4.82. The summed E-state index contributed by atoms with van der Waals surface area (Å²) in [6, 6.07) is 4.79. The van der Waals surface area contributed by atoms with Crippen molar-refractivity contribution in [2.45, 2.75) is 18.4 Å². The molecule has 2 rings (SSSR count). The maximum absolute atomic E-state index is 12.2. The van der Waals surface area contributed by atoms with Gasteiger partial charge in [-0.1, -0.05) is 12.1 Å². The molecule has 15 heavy (non-hydrogen) atoms. The van der Waals surface area contributed by atoms with Crippen LogP contribution in [0.2, 0.25) is 0 Å². The Morgan fingerprint density at radius 1 is 1.20 bits per heavy atom. The number of aliphatic hydroxyl groups excluding tert-OH is 1. The Balaban J connectivity index is 2.12. The third-order valence-electron chi connectivity index (χ3n) is 2.33. The van der Waals surface area contributed by atoms with Crippen molar-refractivity contribution in [2.75, 3.05) is 6.61 Å². The highest BCUT2D eigenvalue weighted by atomic mass is 19.4. The molecule has 1 heterocycles. The molecule has 1 saturated heterocycles. The van der Waals surface area contributed by atoms with E-state index in [1.54, 1.807) is 0 Å². The molecule has 0 saturated carbocycles. The van der Waals surface area contributed by atoms with Gasteiger partial charge in [-0.05, 0) is 17.7 Å². The van der Waals surface area contributed by atoms with Crippen molar-refractivity contribution >= 4 is 0 Å². The van der Waals surface area contributed by atoms with E-state index in [9.17, 15) is 13.2 Å². The number of alkyl halides is 3. The highest BCUT2D eigenvalue weighted by Crippen LogP contribution is 2.39. The van der Waals surface area contributed by atoms with E-state index in [0.29, 0.717) is 5.56 Å². The molecule has 1 aliphatic rings. The minimum atomic E-state index is -4.31. The zero-order chi connectivity index (χ0) is 11.1. The smallest absolute Gasteiger partial charge is 0.394 e. The fourth-order valence-corrected chi connectivity index (χ4v) is 1.44. The molecule has 0 aromatic heterocycles. The summed E-state index contributed by atoms with van der Waals surface area (Å²) in [7, 11) is 0. The van der Waals surface area contributed by atoms with E-state index >= 15 is 0 Å². The van der Waals surface area contributed by atoms with Crippen molar-refractivity contribution in [2.24, 2.45) is 0 Å². The van der Waals surface area contributed by atoms with Crippen LogP contribution in [0.25, 0.3) is 0 Å². The predicted molar refractivity (Wildman–Crippen MR) is 46.1 cm³/mol. The highest BCUT2D eigenvalue weighted by Gasteiger charge is 2.40. The van der Waals surface area contributed by atoms with Crippen molar-refractivity contribution in [3.63, 3.8) is 0 Å². The van der Waals surface area contributed by atoms with Gasteiger partial charge in [0, 0.05) is 0 Å². The van der Waals surface area contributed by atoms with Crippen molar-refractivity contribution in [3.8, 4) is 0 Å². The van der Waals surface area contributed by atoms with Crippen LogP contribution in [0.1, 0.15) is 17.2 Å². The number of hydrogen-bond donors (Lipinski definition) is 1. The van der Waals surface area contributed by atoms with Gasteiger partial charge in [0.25, 0.3) is 0 Å². The van der Waals surface area contributed by atoms with Crippen molar-refractivity contribution < 1.29 is 23.0 Å². The van der Waals surface area contributed by atoms with E-state index in [-0.39, 0.29) is 18.8 Å². The second kappa shape index (κ2) is 3.50. The molecule has 5 heteroatoms. The molecule has 82 valence electrons. The molecular weight excluding hydrogens is 209 g/mol. The molecule has 0 spiro atoms. The molecule has 2 atom stereocenters. The number of benzene rings is 1. The van der Waals surface area contributed by atoms with Gasteiger partial charge in [0.15, 0.2) is 0 Å². The molecule has 2 nitrogen and oxygen atoms in total. The fraction of sp³-hybridized carbons (Fsp3) is 0.400. The van der Waals surface area contributed by atoms with Crippen LogP contribution in [0.3, 0.4) is 0 Å². The quantitative estimate of drug-likeness (QED) is 0.771. The van der Waals surface area contributed by atoms with Gasteiger partial charge in [-0.3, -0.25) is 0 Å². The lowest BCUT2D eigenvalue weighted by Gasteiger charge is -2.06. The van der Waals surface area contributed by atoms with Gasteiger partial charge >= 0.3 is 6.18 Å². The van der Waals surface area contributed by atoms with E-state index in [1.165, 1.54) is 12.1 Å². The molecule has 1 aliphatic heterocycles. The molecule has 1 fully saturated rings. The van der Waals surface area contributed by atoms with Gasteiger partial charge in [0.05, 0.1) is 12.2 Å². The van der Waals surface area contributed by atoms with E-state index in [0.717, 1.165) is 12.1 Å². The topological polar surface area (TPSA) is 32.8 Å². The number of aliphatic hydroxyl groups is 1. The van der Waals surface area contributed by atoms with Crippen LogP contribution in [0, 0.1) is 0 Å². The number of rotatable bonds is 2. The van der Waals surface area contributed by atoms with Crippen LogP contribution in [-0.4, -0.2) is 17.8 Å². The molecule has 0 amide bonds. The van der Waals surface area contributed by atoms with Crippen LogP contribution in [0.15, 0.2) is 24.3 Å². The van der Waals surface area contributed by atoms with E-state index in [1.807, 2.05) is 0 Å². The lowest BCUT2D eigenvalue weighted by atomic mass is 10.1. The van der Waals surface area contributed by atoms with Crippen LogP contribution >= 0.6 is 0 Å². The summed E-state index contributed by atoms with van der Waals surface area (Å²) in [5, 5.41) is 8.72. The van der Waals surface area contributed by atoms with E-state index in [2.05, 4.69) is 0 Å². The van der Waals surface area contributed by atoms with Gasteiger partial charge in [-0.25, -0.2) is 0 Å². The normalized spacial score (nSPS) is 25.3. The van der Waals surface area contributed by atoms with Crippen molar-refractivity contribution in [1.29, 1.82) is 0 Å². The van der Waals surface area contributed by atoms with E-state index < -0.39 is 11.7 Å². The van der Waals surface area contributed by atoms with Crippen molar-refractivity contribution in [1.82, 2.24) is 0 Å². The summed E-state index contributed by atoms with van der Waals surface area (Å²) in [5.41, 5.74) is -0.00509. The maximum Gasteiger partial charge on any atom is 0.416 e. The molecule has 1 N–H and O–H groups in total. The van der Waals surface area contributed by atoms with Crippen LogP contribution in [0.5, 0.6) is 0 Å². The van der Waals surface area contributed by atoms with E-state index in [4.69, 9.17) is 9.84 Å². The monoisotopic (exact) mass is 218 g/mol. The minimum Gasteiger partial charge on any atom is -0.394 e. The Bertz CT molecular complexity index is 345. The first kappa shape index (κ1) is 10.4. The van der Waals surface area contributed by atoms with Crippen LogP contribution in [-0.2, 0) is 10.9 Å². The number of ether oxygens (including phenoxy) is 1. The summed E-state index contributed by atoms with van der Waals surface area (Å²) < 4.78 is 41.7. The Labute approximate surface area is 84.3 Å². The second-order valence-electron chi connectivity index (χ2n) is 3.40. The first-order chi connectivity index (χ1) is 7.02. The molecule has 0 aliphatic carbocycles. The second-order valence-corrected chi connectivity index (χ2v) is 3.40. The van der Waals surface area contributed by atoms with Crippen LogP contribution in [0.4, 0.5) is 13.2 Å². The predicted octanol–water partition coefficient (Wildman–Crippen LogP) is 2.14. The Hall–Kier alpha value is -1.07. The largest absolute Gasteiger partial charge is 0.416 e. The van der Waals surface area contributed by atoms with Gasteiger partial charge < -0.3 is 9.84 Å². The third-order valence-corrected chi connectivity index (χ3v) is 2.33. The lowest BCUT2D eigenvalue weighted by molar-refractivity contribution is -0.137. The fourth-order valence-electron chi connectivity index (χ4n) is 1.44. The number of epoxide rings is 1. The zero-order valence-electron chi connectivity index (χ0n) is 7.66. The van der Waals surface area contributed by atoms with Gasteiger partial charge in [-0.2, -0.15) is 13.2 Å². The first-order valence-electron chi connectivity index (χ1n) is 4.46. The zero-order valence-corrected chi connectivity index (χ0v) is 7.66. The Morgan fingerprint density at radius 2 is 1.80 bits per heavy atom. The van der Waals surface area contributed by atoms with Gasteiger partial charge in [-0.15, -0.1) is 0 Å². The molecular formula is C10H9F3O2. The number of halogens is 3. The molecule has 1 unspecified atom stereocenters. The lowest BCUT2D eigenvalue weighted by Crippen LogP contribution is -2.04. The van der Waals surface area contributed by atoms with Gasteiger partial charge in [0.1, 0.15) is 12.2 Å². The first-order valence-corrected chi connectivity index (χ1v) is 4.46. The van der Waals surface area contributed by atoms with Crippen molar-refractivity contribution in [3.05, 3.63) is 35.4 Å². The molecule has 0 radical (unpaired) electrons. The summed E-state index contributed by atoms with van der Waals surface area (Å²) >= 11 is 0. The third kappa shape index (κ3) is 2.13. The van der Waals surface area contributed by atoms with Crippen LogP contribution < -0.4 is 0 Å². The molecule has 1 aromatic carbocycles. The average molecular weight is 218 g/mol.